The molecule has 0 fully saturated rings. The number of hydrogen-bond acceptors (Lipinski definition) is 2. The van der Waals surface area contributed by atoms with Crippen molar-refractivity contribution in [3.8, 4) is 11.8 Å². The van der Waals surface area contributed by atoms with Crippen LogP contribution in [0, 0.1) is 23.0 Å². The van der Waals surface area contributed by atoms with Crippen LogP contribution in [-0.2, 0) is 0 Å². The van der Waals surface area contributed by atoms with Gasteiger partial charge in [0, 0.05) is 10.9 Å². The molecule has 0 spiro atoms. The second-order valence-electron chi connectivity index (χ2n) is 3.16. The summed E-state index contributed by atoms with van der Waals surface area (Å²) in [6, 6.07) is 4.42. The van der Waals surface area contributed by atoms with Gasteiger partial charge in [-0.25, -0.2) is 4.39 Å². The van der Waals surface area contributed by atoms with E-state index < -0.39 is 11.6 Å². The summed E-state index contributed by atoms with van der Waals surface area (Å²) in [5, 5.41) is 8.29. The molecule has 16 heavy (non-hydrogen) atoms. The lowest BCUT2D eigenvalue weighted by Crippen LogP contribution is -2.00. The molecule has 2 nitrogen and oxygen atoms in total. The first-order valence-corrected chi connectivity index (χ1v) is 5.58. The lowest BCUT2D eigenvalue weighted by molar-refractivity contribution is 0.287. The number of hydrogen-bond donors (Lipinski definition) is 0. The Hall–Kier alpha value is -1.15. The molecule has 0 radical (unpaired) electrons. The number of benzene rings is 1. The summed E-state index contributed by atoms with van der Waals surface area (Å²) in [7, 11) is 0. The lowest BCUT2D eigenvalue weighted by atomic mass is 10.2. The number of rotatable bonds is 5. The number of nitriles is 1. The van der Waals surface area contributed by atoms with Gasteiger partial charge in [0.1, 0.15) is 0 Å². The van der Waals surface area contributed by atoms with Crippen LogP contribution in [0.3, 0.4) is 0 Å². The van der Waals surface area contributed by atoms with E-state index >= 15 is 0 Å². The van der Waals surface area contributed by atoms with E-state index in [0.29, 0.717) is 23.7 Å². The molecule has 86 valence electrons. The molecule has 0 amide bonds. The number of nitrogens with zero attached hydrogens (tertiary/aromatic N) is 1. The summed E-state index contributed by atoms with van der Waals surface area (Å²) < 4.78 is 31.6. The van der Waals surface area contributed by atoms with Crippen molar-refractivity contribution < 1.29 is 13.5 Å². The van der Waals surface area contributed by atoms with Crippen molar-refractivity contribution in [1.82, 2.24) is 0 Å². The Bertz CT molecular complexity index is 404. The molecule has 0 aliphatic heterocycles. The van der Waals surface area contributed by atoms with Crippen LogP contribution in [0.25, 0.3) is 0 Å². The summed E-state index contributed by atoms with van der Waals surface area (Å²) in [6.45, 7) is 0.272. The first-order chi connectivity index (χ1) is 7.65. The van der Waals surface area contributed by atoms with Crippen LogP contribution in [0.2, 0.25) is 0 Å². The molecule has 0 aromatic heterocycles. The van der Waals surface area contributed by atoms with E-state index in [4.69, 9.17) is 10.00 Å². The van der Waals surface area contributed by atoms with Crippen LogP contribution in [0.5, 0.6) is 5.75 Å². The first-order valence-electron chi connectivity index (χ1n) is 4.79. The van der Waals surface area contributed by atoms with Gasteiger partial charge in [0.25, 0.3) is 0 Å². The van der Waals surface area contributed by atoms with Gasteiger partial charge in [-0.05, 0) is 25.0 Å². The largest absolute Gasteiger partial charge is 0.490 e. The van der Waals surface area contributed by atoms with E-state index in [2.05, 4.69) is 15.9 Å². The van der Waals surface area contributed by atoms with Gasteiger partial charge in [0.15, 0.2) is 11.6 Å². The van der Waals surface area contributed by atoms with E-state index in [1.165, 1.54) is 6.07 Å². The second kappa shape index (κ2) is 6.44. The highest BCUT2D eigenvalue weighted by Crippen LogP contribution is 2.25. The van der Waals surface area contributed by atoms with Crippen molar-refractivity contribution in [1.29, 1.82) is 5.26 Å². The van der Waals surface area contributed by atoms with Crippen LogP contribution in [0.1, 0.15) is 19.3 Å². The van der Waals surface area contributed by atoms with Gasteiger partial charge < -0.3 is 4.74 Å². The molecular weight excluding hydrogens is 280 g/mol. The molecule has 0 heterocycles. The van der Waals surface area contributed by atoms with Gasteiger partial charge in [-0.1, -0.05) is 15.9 Å². The Labute approximate surface area is 101 Å². The summed E-state index contributed by atoms with van der Waals surface area (Å²) in [4.78, 5) is 0. The summed E-state index contributed by atoms with van der Waals surface area (Å²) >= 11 is 3.05. The van der Waals surface area contributed by atoms with Gasteiger partial charge in [-0.2, -0.15) is 9.65 Å². The average molecular weight is 290 g/mol. The van der Waals surface area contributed by atoms with E-state index in [-0.39, 0.29) is 12.4 Å². The zero-order chi connectivity index (χ0) is 12.0. The summed E-state index contributed by atoms with van der Waals surface area (Å²) in [5.41, 5.74) is 0. The normalized spacial score (nSPS) is 9.88. The maximum Gasteiger partial charge on any atom is 0.200 e. The van der Waals surface area contributed by atoms with Crippen LogP contribution in [0.15, 0.2) is 16.6 Å². The van der Waals surface area contributed by atoms with E-state index in [1.807, 2.05) is 6.07 Å². The quantitative estimate of drug-likeness (QED) is 0.610. The fourth-order valence-corrected chi connectivity index (χ4v) is 1.53. The predicted octanol–water partition coefficient (Wildman–Crippen LogP) is 3.80. The Morgan fingerprint density at radius 2 is 2.06 bits per heavy atom. The van der Waals surface area contributed by atoms with Crippen molar-refractivity contribution in [2.24, 2.45) is 0 Å². The van der Waals surface area contributed by atoms with Gasteiger partial charge in [-0.3, -0.25) is 0 Å². The Morgan fingerprint density at radius 1 is 1.31 bits per heavy atom. The highest BCUT2D eigenvalue weighted by Gasteiger charge is 2.10. The monoisotopic (exact) mass is 289 g/mol. The number of ether oxygens (including phenoxy) is 1. The molecular formula is C11H10BrF2NO. The van der Waals surface area contributed by atoms with E-state index in [1.54, 1.807) is 0 Å². The molecule has 0 bridgehead atoms. The van der Waals surface area contributed by atoms with Crippen LogP contribution >= 0.6 is 15.9 Å². The number of halogens is 3. The van der Waals surface area contributed by atoms with Crippen LogP contribution in [-0.4, -0.2) is 6.61 Å². The molecule has 1 aromatic carbocycles. The van der Waals surface area contributed by atoms with Crippen LogP contribution in [0.4, 0.5) is 8.78 Å². The molecule has 0 N–H and O–H groups in total. The van der Waals surface area contributed by atoms with Gasteiger partial charge in [-0.15, -0.1) is 0 Å². The van der Waals surface area contributed by atoms with Gasteiger partial charge >= 0.3 is 0 Å². The zero-order valence-corrected chi connectivity index (χ0v) is 10.1. The van der Waals surface area contributed by atoms with Gasteiger partial charge in [0.2, 0.25) is 5.82 Å². The molecule has 0 atom stereocenters. The molecule has 0 saturated carbocycles. The third kappa shape index (κ3) is 3.78. The van der Waals surface area contributed by atoms with Crippen molar-refractivity contribution in [3.63, 3.8) is 0 Å². The minimum absolute atomic E-state index is 0.108. The highest BCUT2D eigenvalue weighted by atomic mass is 79.9. The predicted molar refractivity (Wildman–Crippen MR) is 59.0 cm³/mol. The second-order valence-corrected chi connectivity index (χ2v) is 4.08. The molecule has 0 aliphatic rings. The fraction of sp³-hybridized carbons (Fsp3) is 0.364. The van der Waals surface area contributed by atoms with Crippen molar-refractivity contribution in [2.75, 3.05) is 6.61 Å². The van der Waals surface area contributed by atoms with Crippen molar-refractivity contribution in [3.05, 3.63) is 28.2 Å². The van der Waals surface area contributed by atoms with E-state index in [9.17, 15) is 8.78 Å². The molecule has 0 saturated heterocycles. The lowest BCUT2D eigenvalue weighted by Gasteiger charge is -2.07. The third-order valence-corrected chi connectivity index (χ3v) is 2.36. The SMILES string of the molecule is N#CCCCCOc1cc(Br)cc(F)c1F. The zero-order valence-electron chi connectivity index (χ0n) is 8.47. The topological polar surface area (TPSA) is 33.0 Å². The highest BCUT2D eigenvalue weighted by molar-refractivity contribution is 9.10. The maximum atomic E-state index is 13.2. The smallest absolute Gasteiger partial charge is 0.200 e. The van der Waals surface area contributed by atoms with Gasteiger partial charge in [0.05, 0.1) is 12.7 Å². The average Bonchev–Trinajstić information content (AvgIpc) is 2.24. The standard InChI is InChI=1S/C11H10BrF2NO/c12-8-6-9(13)11(14)10(7-8)16-5-3-1-2-4-15/h6-7H,1-3,5H2. The third-order valence-electron chi connectivity index (χ3n) is 1.90. The fourth-order valence-electron chi connectivity index (χ4n) is 1.13. The van der Waals surface area contributed by atoms with Crippen molar-refractivity contribution in [2.45, 2.75) is 19.3 Å². The molecule has 1 aromatic rings. The van der Waals surface area contributed by atoms with Crippen molar-refractivity contribution >= 4 is 15.9 Å². The number of unbranched alkanes of at least 4 members (excludes halogenated alkanes) is 2. The molecule has 1 rings (SSSR count). The maximum absolute atomic E-state index is 13.2. The Balaban J connectivity index is 2.51. The minimum atomic E-state index is -0.983. The minimum Gasteiger partial charge on any atom is -0.490 e. The molecule has 5 heteroatoms. The Kier molecular flexibility index (Phi) is 5.20. The Morgan fingerprint density at radius 3 is 2.75 bits per heavy atom. The molecule has 0 unspecified atom stereocenters. The first kappa shape index (κ1) is 12.9. The summed E-state index contributed by atoms with van der Waals surface area (Å²) in [5.74, 6) is -2.03. The summed E-state index contributed by atoms with van der Waals surface area (Å²) in [6.07, 6.45) is 1.77. The molecule has 0 aliphatic carbocycles. The van der Waals surface area contributed by atoms with Crippen LogP contribution < -0.4 is 4.74 Å². The van der Waals surface area contributed by atoms with E-state index in [0.717, 1.165) is 6.07 Å².